The summed E-state index contributed by atoms with van der Waals surface area (Å²) in [5, 5.41) is 5.66. The first-order valence-electron chi connectivity index (χ1n) is 14.1. The number of aliphatic hydroxyl groups excluding tert-OH is 1. The summed E-state index contributed by atoms with van der Waals surface area (Å²) < 4.78 is 71.6. The number of rotatable bonds is 7. The molecule has 5 aromatic rings. The molecule has 0 aliphatic carbocycles. The zero-order valence-electron chi connectivity index (χ0n) is 24.4. The van der Waals surface area contributed by atoms with E-state index in [1.54, 1.807) is 7.11 Å². The highest BCUT2D eigenvalue weighted by atomic mass is 32.2. The Kier molecular flexibility index (Phi) is 9.80. The monoisotopic (exact) mass is 654 g/mol. The summed E-state index contributed by atoms with van der Waals surface area (Å²) in [6.07, 6.45) is 3.13. The fourth-order valence-corrected chi connectivity index (χ4v) is 6.55. The van der Waals surface area contributed by atoms with E-state index in [0.717, 1.165) is 40.7 Å². The summed E-state index contributed by atoms with van der Waals surface area (Å²) in [6.45, 7) is 2.60. The molecule has 0 amide bonds. The van der Waals surface area contributed by atoms with Gasteiger partial charge in [0.25, 0.3) is 0 Å². The number of ether oxygens (including phenoxy) is 3. The quantitative estimate of drug-likeness (QED) is 0.173. The molecule has 1 aliphatic rings. The maximum atomic E-state index is 11.6. The van der Waals surface area contributed by atoms with Crippen LogP contribution in [0.2, 0.25) is 0 Å². The molecule has 0 bridgehead atoms. The van der Waals surface area contributed by atoms with Gasteiger partial charge >= 0.3 is 15.4 Å². The van der Waals surface area contributed by atoms with Crippen LogP contribution in [0, 0.1) is 0 Å². The third-order valence-electron chi connectivity index (χ3n) is 7.50. The molecule has 2 atom stereocenters. The summed E-state index contributed by atoms with van der Waals surface area (Å²) in [7, 11) is -3.73. The Morgan fingerprint density at radius 2 is 1.71 bits per heavy atom. The second-order valence-corrected chi connectivity index (χ2v) is 12.9. The summed E-state index contributed by atoms with van der Waals surface area (Å²) >= 11 is 1.81. The van der Waals surface area contributed by atoms with Crippen molar-refractivity contribution in [3.63, 3.8) is 0 Å². The van der Waals surface area contributed by atoms with Crippen LogP contribution in [0.15, 0.2) is 97.6 Å². The van der Waals surface area contributed by atoms with Gasteiger partial charge in [-0.15, -0.1) is 11.3 Å². The number of hydrogen-bond donors (Lipinski definition) is 2. The van der Waals surface area contributed by atoms with Crippen LogP contribution >= 0.6 is 11.3 Å². The van der Waals surface area contributed by atoms with Crippen LogP contribution in [-0.2, 0) is 30.1 Å². The van der Waals surface area contributed by atoms with Crippen LogP contribution in [0.5, 0.6) is 0 Å². The fraction of sp³-hybridized carbons (Fsp3) is 0.235. The molecule has 1 aliphatic heterocycles. The van der Waals surface area contributed by atoms with Crippen LogP contribution in [-0.4, -0.2) is 49.9 Å². The number of halogens is 2. The predicted molar refractivity (Wildman–Crippen MR) is 173 cm³/mol. The molecule has 1 aromatic heterocycles. The lowest BCUT2D eigenvalue weighted by Crippen LogP contribution is -2.37. The Bertz CT molecular complexity index is 1890. The number of benzene rings is 4. The van der Waals surface area contributed by atoms with Gasteiger partial charge in [0, 0.05) is 44.8 Å². The lowest BCUT2D eigenvalue weighted by Gasteiger charge is -2.37. The van der Waals surface area contributed by atoms with Crippen LogP contribution in [0.25, 0.3) is 37.4 Å². The summed E-state index contributed by atoms with van der Waals surface area (Å²) in [5.74, 6) is -1.11. The first-order chi connectivity index (χ1) is 21.5. The van der Waals surface area contributed by atoms with Crippen molar-refractivity contribution in [2.75, 3.05) is 20.3 Å². The van der Waals surface area contributed by atoms with Crippen molar-refractivity contribution in [2.24, 2.45) is 0 Å². The second kappa shape index (κ2) is 13.4. The average molecular weight is 655 g/mol. The van der Waals surface area contributed by atoms with Gasteiger partial charge < -0.3 is 19.3 Å². The first-order valence-corrected chi connectivity index (χ1v) is 16.3. The van der Waals surface area contributed by atoms with E-state index in [-0.39, 0.29) is 6.29 Å². The fourth-order valence-electron chi connectivity index (χ4n) is 5.27. The maximum Gasteiger partial charge on any atom is 0.392 e. The molecule has 1 saturated heterocycles. The predicted octanol–water partition coefficient (Wildman–Crippen LogP) is 7.82. The van der Waals surface area contributed by atoms with Crippen molar-refractivity contribution in [1.29, 1.82) is 0 Å². The number of methoxy groups -OCH3 is 1. The average Bonchev–Trinajstić information content (AvgIpc) is 3.29. The van der Waals surface area contributed by atoms with Gasteiger partial charge in [-0.2, -0.15) is 17.2 Å². The number of fused-ring (bicyclic) bond motifs is 3. The Hall–Kier alpha value is -3.55. The minimum Gasteiger partial charge on any atom is -0.389 e. The van der Waals surface area contributed by atoms with E-state index in [2.05, 4.69) is 79.4 Å². The SMILES string of the molecule is C=Cc1ccc(-c2c(C3(c4ccccc4)OCCCC(OC)O3)ccc3sc4ccccc4c23)cc1.O=S(=O)(O)C(F)(F)CO. The highest BCUT2D eigenvalue weighted by molar-refractivity contribution is 7.86. The van der Waals surface area contributed by atoms with E-state index in [9.17, 15) is 17.2 Å². The Labute approximate surface area is 264 Å². The van der Waals surface area contributed by atoms with Crippen molar-refractivity contribution in [1.82, 2.24) is 0 Å². The Morgan fingerprint density at radius 1 is 1.02 bits per heavy atom. The van der Waals surface area contributed by atoms with Gasteiger partial charge in [-0.3, -0.25) is 4.55 Å². The molecule has 7 nitrogen and oxygen atoms in total. The molecule has 45 heavy (non-hydrogen) atoms. The van der Waals surface area contributed by atoms with Gasteiger partial charge in [-0.1, -0.05) is 91.5 Å². The van der Waals surface area contributed by atoms with Gasteiger partial charge in [0.2, 0.25) is 5.79 Å². The molecule has 2 heterocycles. The highest BCUT2D eigenvalue weighted by Crippen LogP contribution is 2.49. The lowest BCUT2D eigenvalue weighted by molar-refractivity contribution is -0.277. The molecular formula is C34H32F2O7S2. The third kappa shape index (κ3) is 6.56. The third-order valence-corrected chi connectivity index (χ3v) is 9.52. The summed E-state index contributed by atoms with van der Waals surface area (Å²) in [6, 6.07) is 31.8. The molecule has 0 radical (unpaired) electrons. The molecule has 6 rings (SSSR count). The summed E-state index contributed by atoms with van der Waals surface area (Å²) in [5.41, 5.74) is 5.27. The molecule has 0 saturated carbocycles. The van der Waals surface area contributed by atoms with Crippen molar-refractivity contribution in [3.05, 3.63) is 114 Å². The van der Waals surface area contributed by atoms with Crippen molar-refractivity contribution in [2.45, 2.75) is 30.2 Å². The van der Waals surface area contributed by atoms with E-state index in [1.807, 2.05) is 35.6 Å². The lowest BCUT2D eigenvalue weighted by atomic mass is 9.86. The van der Waals surface area contributed by atoms with E-state index >= 15 is 0 Å². The smallest absolute Gasteiger partial charge is 0.389 e. The molecule has 236 valence electrons. The molecule has 2 unspecified atom stereocenters. The van der Waals surface area contributed by atoms with E-state index < -0.39 is 27.8 Å². The number of alkyl halides is 2. The van der Waals surface area contributed by atoms with Crippen LogP contribution in [0.4, 0.5) is 8.78 Å². The topological polar surface area (TPSA) is 102 Å². The van der Waals surface area contributed by atoms with Gasteiger partial charge in [0.05, 0.1) is 6.61 Å². The zero-order chi connectivity index (χ0) is 32.2. The number of thiophene rings is 1. The zero-order valence-corrected chi connectivity index (χ0v) is 26.0. The van der Waals surface area contributed by atoms with Crippen molar-refractivity contribution in [3.8, 4) is 11.1 Å². The maximum absolute atomic E-state index is 11.6. The molecule has 0 spiro atoms. The van der Waals surface area contributed by atoms with Crippen molar-refractivity contribution >= 4 is 47.7 Å². The van der Waals surface area contributed by atoms with Gasteiger partial charge in [-0.05, 0) is 35.2 Å². The summed E-state index contributed by atoms with van der Waals surface area (Å²) in [4.78, 5) is 0. The number of hydrogen-bond acceptors (Lipinski definition) is 7. The van der Waals surface area contributed by atoms with Crippen LogP contribution in [0.3, 0.4) is 0 Å². The van der Waals surface area contributed by atoms with Gasteiger partial charge in [-0.25, -0.2) is 0 Å². The molecular weight excluding hydrogens is 622 g/mol. The minimum absolute atomic E-state index is 0.376. The van der Waals surface area contributed by atoms with E-state index in [0.29, 0.717) is 6.61 Å². The highest BCUT2D eigenvalue weighted by Gasteiger charge is 2.44. The Balaban J connectivity index is 0.000000390. The molecule has 1 fully saturated rings. The molecule has 11 heteroatoms. The molecule has 2 N–H and O–H groups in total. The van der Waals surface area contributed by atoms with Crippen LogP contribution in [0.1, 0.15) is 29.5 Å². The van der Waals surface area contributed by atoms with Crippen molar-refractivity contribution < 1.29 is 41.1 Å². The Morgan fingerprint density at radius 3 is 2.33 bits per heavy atom. The second-order valence-electron chi connectivity index (χ2n) is 10.3. The van der Waals surface area contributed by atoms with Gasteiger partial charge in [0.15, 0.2) is 6.29 Å². The van der Waals surface area contributed by atoms with E-state index in [4.69, 9.17) is 23.9 Å². The van der Waals surface area contributed by atoms with Gasteiger partial charge in [0.1, 0.15) is 6.61 Å². The van der Waals surface area contributed by atoms with Crippen LogP contribution < -0.4 is 0 Å². The standard InChI is InChI=1S/C32H28O3S.C2H4F2O4S/c1-3-22-15-17-23(18-16-22)30-26(19-20-28-31(30)25-12-7-8-13-27(25)36-28)32(24-10-5-4-6-11-24)34-21-9-14-29(33-2)35-32;3-2(4,1-5)9(6,7)8/h3-8,10-13,15-20,29H,1,9,14,21H2,2H3;5H,1H2,(H,6,7,8). The molecule has 4 aromatic carbocycles. The minimum atomic E-state index is -5.44. The largest absolute Gasteiger partial charge is 0.392 e. The van der Waals surface area contributed by atoms with E-state index in [1.165, 1.54) is 20.2 Å². The first kappa shape index (κ1) is 32.8. The number of aliphatic hydroxyl groups is 1. The normalized spacial score (nSPS) is 19.1.